The van der Waals surface area contributed by atoms with Gasteiger partial charge in [0.1, 0.15) is 0 Å². The van der Waals surface area contributed by atoms with Crippen LogP contribution in [0.15, 0.2) is 0 Å². The van der Waals surface area contributed by atoms with Crippen molar-refractivity contribution in [3.8, 4) is 0 Å². The standard InChI is InChI=1S/C10H19NS/c1-2-7-12-10(5-1)9-4-3-6-11-8-9/h9-11H,1-8H2. The van der Waals surface area contributed by atoms with Crippen molar-refractivity contribution in [3.05, 3.63) is 0 Å². The number of nitrogens with one attached hydrogen (secondary N) is 1. The fourth-order valence-corrected chi connectivity index (χ4v) is 3.84. The third-order valence-electron chi connectivity index (χ3n) is 3.08. The summed E-state index contributed by atoms with van der Waals surface area (Å²) in [7, 11) is 0. The van der Waals surface area contributed by atoms with E-state index < -0.39 is 0 Å². The van der Waals surface area contributed by atoms with Gasteiger partial charge in [0.25, 0.3) is 0 Å². The summed E-state index contributed by atoms with van der Waals surface area (Å²) < 4.78 is 0. The molecule has 0 aromatic carbocycles. The number of thioether (sulfide) groups is 1. The molecule has 2 aliphatic heterocycles. The third-order valence-corrected chi connectivity index (χ3v) is 4.65. The van der Waals surface area contributed by atoms with E-state index in [1.165, 1.54) is 50.9 Å². The Bertz CT molecular complexity index is 110. The fraction of sp³-hybridized carbons (Fsp3) is 1.00. The Morgan fingerprint density at radius 2 is 2.08 bits per heavy atom. The van der Waals surface area contributed by atoms with Gasteiger partial charge in [0, 0.05) is 5.25 Å². The van der Waals surface area contributed by atoms with Crippen LogP contribution in [0.1, 0.15) is 32.1 Å². The van der Waals surface area contributed by atoms with Crippen LogP contribution in [0.25, 0.3) is 0 Å². The van der Waals surface area contributed by atoms with Gasteiger partial charge in [-0.15, -0.1) is 0 Å². The Hall–Kier alpha value is 0.310. The van der Waals surface area contributed by atoms with Crippen LogP contribution >= 0.6 is 11.8 Å². The number of piperidine rings is 1. The summed E-state index contributed by atoms with van der Waals surface area (Å²) in [5.41, 5.74) is 0. The highest BCUT2D eigenvalue weighted by Crippen LogP contribution is 2.33. The van der Waals surface area contributed by atoms with Crippen LogP contribution in [0.3, 0.4) is 0 Å². The van der Waals surface area contributed by atoms with Gasteiger partial charge in [0.2, 0.25) is 0 Å². The van der Waals surface area contributed by atoms with Gasteiger partial charge in [0.15, 0.2) is 0 Å². The van der Waals surface area contributed by atoms with Crippen LogP contribution < -0.4 is 5.32 Å². The van der Waals surface area contributed by atoms with Crippen LogP contribution in [0, 0.1) is 5.92 Å². The zero-order chi connectivity index (χ0) is 8.23. The molecule has 2 heterocycles. The van der Waals surface area contributed by atoms with Gasteiger partial charge in [0.05, 0.1) is 0 Å². The van der Waals surface area contributed by atoms with E-state index in [4.69, 9.17) is 0 Å². The Morgan fingerprint density at radius 1 is 1.08 bits per heavy atom. The molecule has 2 fully saturated rings. The Kier molecular flexibility index (Phi) is 3.35. The molecule has 2 heteroatoms. The second-order valence-electron chi connectivity index (χ2n) is 4.01. The molecule has 0 spiro atoms. The molecule has 2 rings (SSSR count). The Balaban J connectivity index is 1.80. The number of rotatable bonds is 1. The summed E-state index contributed by atoms with van der Waals surface area (Å²) in [5.74, 6) is 2.41. The van der Waals surface area contributed by atoms with Crippen molar-refractivity contribution in [2.45, 2.75) is 37.4 Å². The predicted octanol–water partition coefficient (Wildman–Crippen LogP) is 2.27. The molecule has 0 amide bonds. The molecule has 0 radical (unpaired) electrons. The average molecular weight is 185 g/mol. The smallest absolute Gasteiger partial charge is 0.00874 e. The van der Waals surface area contributed by atoms with Gasteiger partial charge >= 0.3 is 0 Å². The van der Waals surface area contributed by atoms with Crippen molar-refractivity contribution in [2.75, 3.05) is 18.8 Å². The lowest BCUT2D eigenvalue weighted by atomic mass is 9.93. The van der Waals surface area contributed by atoms with Crippen molar-refractivity contribution >= 4 is 11.8 Å². The summed E-state index contributed by atoms with van der Waals surface area (Å²) in [6.45, 7) is 2.55. The minimum absolute atomic E-state index is 0.990. The molecule has 2 atom stereocenters. The lowest BCUT2D eigenvalue weighted by molar-refractivity contribution is 0.353. The van der Waals surface area contributed by atoms with Crippen LogP contribution in [0.5, 0.6) is 0 Å². The van der Waals surface area contributed by atoms with Crippen LogP contribution in [-0.4, -0.2) is 24.1 Å². The predicted molar refractivity (Wildman–Crippen MR) is 55.7 cm³/mol. The zero-order valence-corrected chi connectivity index (χ0v) is 8.54. The molecule has 0 aromatic rings. The second-order valence-corrected chi connectivity index (χ2v) is 5.36. The van der Waals surface area contributed by atoms with Crippen molar-refractivity contribution in [2.24, 2.45) is 5.92 Å². The highest BCUT2D eigenvalue weighted by Gasteiger charge is 2.25. The van der Waals surface area contributed by atoms with E-state index >= 15 is 0 Å². The minimum Gasteiger partial charge on any atom is -0.316 e. The molecule has 0 bridgehead atoms. The topological polar surface area (TPSA) is 12.0 Å². The van der Waals surface area contributed by atoms with Gasteiger partial charge in [-0.25, -0.2) is 0 Å². The molecule has 1 nitrogen and oxygen atoms in total. The van der Waals surface area contributed by atoms with Crippen molar-refractivity contribution in [1.82, 2.24) is 5.32 Å². The van der Waals surface area contributed by atoms with E-state index in [9.17, 15) is 0 Å². The average Bonchev–Trinajstić information content (AvgIpc) is 2.21. The monoisotopic (exact) mass is 185 g/mol. The Morgan fingerprint density at radius 3 is 2.75 bits per heavy atom. The maximum Gasteiger partial charge on any atom is 0.00874 e. The summed E-state index contributed by atoms with van der Waals surface area (Å²) >= 11 is 2.23. The molecule has 12 heavy (non-hydrogen) atoms. The molecule has 0 aromatic heterocycles. The normalized spacial score (nSPS) is 38.0. The maximum absolute atomic E-state index is 3.52. The number of hydrogen-bond acceptors (Lipinski definition) is 2. The zero-order valence-electron chi connectivity index (χ0n) is 7.72. The molecule has 0 saturated carbocycles. The van der Waals surface area contributed by atoms with Gasteiger partial charge in [-0.05, 0) is 50.4 Å². The fourth-order valence-electron chi connectivity index (χ4n) is 2.33. The van der Waals surface area contributed by atoms with E-state index in [0.717, 1.165) is 11.2 Å². The highest BCUT2D eigenvalue weighted by molar-refractivity contribution is 7.99. The van der Waals surface area contributed by atoms with E-state index in [1.807, 2.05) is 0 Å². The molecule has 2 unspecified atom stereocenters. The van der Waals surface area contributed by atoms with Crippen LogP contribution in [0.2, 0.25) is 0 Å². The highest BCUT2D eigenvalue weighted by atomic mass is 32.2. The minimum atomic E-state index is 0.990. The lowest BCUT2D eigenvalue weighted by Crippen LogP contribution is -2.36. The van der Waals surface area contributed by atoms with Crippen molar-refractivity contribution < 1.29 is 0 Å². The molecule has 0 aliphatic carbocycles. The summed E-state index contributed by atoms with van der Waals surface area (Å²) in [6, 6.07) is 0. The first-order valence-electron chi connectivity index (χ1n) is 5.29. The summed E-state index contributed by atoms with van der Waals surface area (Å²) in [4.78, 5) is 0. The Labute approximate surface area is 79.7 Å². The van der Waals surface area contributed by atoms with Crippen molar-refractivity contribution in [1.29, 1.82) is 0 Å². The van der Waals surface area contributed by atoms with Crippen molar-refractivity contribution in [3.63, 3.8) is 0 Å². The van der Waals surface area contributed by atoms with Gasteiger partial charge in [-0.1, -0.05) is 6.42 Å². The van der Waals surface area contributed by atoms with Crippen LogP contribution in [0.4, 0.5) is 0 Å². The molecule has 2 aliphatic rings. The first kappa shape index (κ1) is 8.89. The van der Waals surface area contributed by atoms with E-state index in [0.29, 0.717) is 0 Å². The van der Waals surface area contributed by atoms with Gasteiger partial charge in [-0.2, -0.15) is 11.8 Å². The summed E-state index contributed by atoms with van der Waals surface area (Å²) in [6.07, 6.45) is 7.30. The molecular weight excluding hydrogens is 166 g/mol. The van der Waals surface area contributed by atoms with E-state index in [2.05, 4.69) is 17.1 Å². The van der Waals surface area contributed by atoms with Gasteiger partial charge < -0.3 is 5.32 Å². The molecule has 70 valence electrons. The quantitative estimate of drug-likeness (QED) is 0.672. The van der Waals surface area contributed by atoms with E-state index in [1.54, 1.807) is 0 Å². The third kappa shape index (κ3) is 2.17. The lowest BCUT2D eigenvalue weighted by Gasteiger charge is -2.32. The molecular formula is C10H19NS. The first-order chi connectivity index (χ1) is 5.97. The maximum atomic E-state index is 3.52. The molecule has 1 N–H and O–H groups in total. The van der Waals surface area contributed by atoms with Crippen LogP contribution in [-0.2, 0) is 0 Å². The van der Waals surface area contributed by atoms with E-state index in [-0.39, 0.29) is 0 Å². The largest absolute Gasteiger partial charge is 0.316 e. The van der Waals surface area contributed by atoms with Gasteiger partial charge in [-0.3, -0.25) is 0 Å². The summed E-state index contributed by atoms with van der Waals surface area (Å²) in [5, 5.41) is 4.51. The first-order valence-corrected chi connectivity index (χ1v) is 6.34. The SMILES string of the molecule is C1CCC(C2CCCNC2)SC1. The second kappa shape index (κ2) is 4.52. The molecule has 2 saturated heterocycles. The number of hydrogen-bond donors (Lipinski definition) is 1.